The van der Waals surface area contributed by atoms with Crippen LogP contribution in [-0.2, 0) is 0 Å². The summed E-state index contributed by atoms with van der Waals surface area (Å²) in [7, 11) is 0. The molecule has 4 rings (SSSR count). The largest absolute Gasteiger partial charge is 0.334 e. The number of hydrogen-bond donors (Lipinski definition) is 0. The van der Waals surface area contributed by atoms with Gasteiger partial charge >= 0.3 is 0 Å². The number of hydrogen-bond acceptors (Lipinski definition) is 5. The van der Waals surface area contributed by atoms with Gasteiger partial charge in [-0.15, -0.1) is 11.3 Å². The maximum Gasteiger partial charge on any atom is 0.255 e. The lowest BCUT2D eigenvalue weighted by Gasteiger charge is -2.30. The lowest BCUT2D eigenvalue weighted by atomic mass is 10.1. The summed E-state index contributed by atoms with van der Waals surface area (Å²) in [6, 6.07) is 8.67. The minimum Gasteiger partial charge on any atom is -0.334 e. The summed E-state index contributed by atoms with van der Waals surface area (Å²) in [5, 5.41) is 10.9. The Labute approximate surface area is 164 Å². The van der Waals surface area contributed by atoms with E-state index in [0.717, 1.165) is 43.7 Å². The van der Waals surface area contributed by atoms with Gasteiger partial charge in [0.1, 0.15) is 10.9 Å². The molecule has 2 atom stereocenters. The Morgan fingerprint density at radius 1 is 1.33 bits per heavy atom. The van der Waals surface area contributed by atoms with Crippen molar-refractivity contribution in [3.05, 3.63) is 40.2 Å². The molecule has 140 valence electrons. The number of rotatable bonds is 4. The third-order valence-electron chi connectivity index (χ3n) is 5.79. The number of likely N-dealkylation sites (tertiary alicyclic amines) is 2. The van der Waals surface area contributed by atoms with Gasteiger partial charge in [-0.3, -0.25) is 14.7 Å². The monoisotopic (exact) mass is 380 g/mol. The van der Waals surface area contributed by atoms with Gasteiger partial charge in [-0.05, 0) is 57.4 Å². The number of carbonyl (C=O) groups excluding carboxylic acids is 1. The van der Waals surface area contributed by atoms with Gasteiger partial charge in [0.25, 0.3) is 5.91 Å². The summed E-state index contributed by atoms with van der Waals surface area (Å²) in [5.74, 6) is 0.0893. The molecule has 2 fully saturated rings. The molecule has 27 heavy (non-hydrogen) atoms. The van der Waals surface area contributed by atoms with E-state index in [-0.39, 0.29) is 5.91 Å². The smallest absolute Gasteiger partial charge is 0.255 e. The van der Waals surface area contributed by atoms with Crippen LogP contribution in [0.4, 0.5) is 0 Å². The van der Waals surface area contributed by atoms with Gasteiger partial charge in [0.2, 0.25) is 0 Å². The van der Waals surface area contributed by atoms with Crippen LogP contribution in [0.1, 0.15) is 47.8 Å². The van der Waals surface area contributed by atoms with E-state index in [4.69, 9.17) is 5.26 Å². The van der Waals surface area contributed by atoms with Crippen LogP contribution in [0.2, 0.25) is 0 Å². The Balaban J connectivity index is 1.46. The van der Waals surface area contributed by atoms with Crippen molar-refractivity contribution in [3.8, 4) is 17.3 Å². The van der Waals surface area contributed by atoms with Gasteiger partial charge in [0.15, 0.2) is 0 Å². The molecule has 4 heterocycles. The molecule has 2 saturated heterocycles. The fourth-order valence-electron chi connectivity index (χ4n) is 4.21. The highest BCUT2D eigenvalue weighted by molar-refractivity contribution is 7.10. The van der Waals surface area contributed by atoms with E-state index in [1.54, 1.807) is 6.20 Å². The molecule has 0 aromatic carbocycles. The Morgan fingerprint density at radius 3 is 2.85 bits per heavy atom. The molecule has 0 saturated carbocycles. The predicted octanol–water partition coefficient (Wildman–Crippen LogP) is 3.77. The van der Waals surface area contributed by atoms with Crippen LogP contribution in [0.25, 0.3) is 11.3 Å². The van der Waals surface area contributed by atoms with Crippen LogP contribution in [-0.4, -0.2) is 52.4 Å². The number of nitriles is 1. The molecule has 5 nitrogen and oxygen atoms in total. The van der Waals surface area contributed by atoms with Crippen LogP contribution < -0.4 is 0 Å². The summed E-state index contributed by atoms with van der Waals surface area (Å²) >= 11 is 1.41. The van der Waals surface area contributed by atoms with Gasteiger partial charge in [0.05, 0.1) is 11.3 Å². The Hall–Kier alpha value is -2.23. The predicted molar refractivity (Wildman–Crippen MR) is 107 cm³/mol. The van der Waals surface area contributed by atoms with Gasteiger partial charge in [-0.2, -0.15) is 5.26 Å². The summed E-state index contributed by atoms with van der Waals surface area (Å²) in [4.78, 5) is 22.7. The molecule has 2 aromatic rings. The van der Waals surface area contributed by atoms with E-state index >= 15 is 0 Å². The van der Waals surface area contributed by atoms with E-state index in [0.29, 0.717) is 22.5 Å². The minimum absolute atomic E-state index is 0.0893. The average molecular weight is 381 g/mol. The van der Waals surface area contributed by atoms with E-state index in [2.05, 4.69) is 22.9 Å². The first-order chi connectivity index (χ1) is 13.2. The van der Waals surface area contributed by atoms with Gasteiger partial charge in [-0.25, -0.2) is 0 Å². The fourth-order valence-corrected chi connectivity index (χ4v) is 4.90. The zero-order valence-corrected chi connectivity index (χ0v) is 16.4. The molecule has 6 heteroatoms. The third kappa shape index (κ3) is 3.76. The second-order valence-corrected chi connectivity index (χ2v) is 8.44. The second-order valence-electron chi connectivity index (χ2n) is 7.52. The van der Waals surface area contributed by atoms with Gasteiger partial charge in [-0.1, -0.05) is 0 Å². The number of pyridine rings is 1. The lowest BCUT2D eigenvalue weighted by molar-refractivity contribution is 0.0696. The van der Waals surface area contributed by atoms with Crippen LogP contribution in [0, 0.1) is 11.3 Å². The number of carbonyl (C=O) groups is 1. The summed E-state index contributed by atoms with van der Waals surface area (Å²) in [5.41, 5.74) is 2.38. The average Bonchev–Trinajstić information content (AvgIpc) is 3.43. The molecule has 0 bridgehead atoms. The first-order valence-electron chi connectivity index (χ1n) is 9.66. The van der Waals surface area contributed by atoms with Crippen molar-refractivity contribution < 1.29 is 4.79 Å². The van der Waals surface area contributed by atoms with Crippen LogP contribution in [0.15, 0.2) is 29.8 Å². The van der Waals surface area contributed by atoms with E-state index in [1.807, 2.05) is 28.5 Å². The van der Waals surface area contributed by atoms with Gasteiger partial charge < -0.3 is 4.90 Å². The zero-order chi connectivity index (χ0) is 18.8. The van der Waals surface area contributed by atoms with Crippen molar-refractivity contribution in [1.82, 2.24) is 14.8 Å². The number of thiophene rings is 1. The number of amides is 1. The van der Waals surface area contributed by atoms with Crippen molar-refractivity contribution in [2.75, 3.05) is 19.6 Å². The van der Waals surface area contributed by atoms with Crippen molar-refractivity contribution in [2.24, 2.45) is 0 Å². The summed E-state index contributed by atoms with van der Waals surface area (Å²) in [6.07, 6.45) is 6.38. The van der Waals surface area contributed by atoms with Crippen molar-refractivity contribution in [2.45, 2.75) is 44.7 Å². The van der Waals surface area contributed by atoms with Gasteiger partial charge in [0, 0.05) is 42.3 Å². The number of nitrogens with zero attached hydrogens (tertiary/aromatic N) is 4. The highest BCUT2D eigenvalue weighted by Gasteiger charge is 2.33. The third-order valence-corrected chi connectivity index (χ3v) is 6.62. The van der Waals surface area contributed by atoms with E-state index in [1.165, 1.54) is 24.2 Å². The first kappa shape index (κ1) is 18.1. The highest BCUT2D eigenvalue weighted by Crippen LogP contribution is 2.26. The molecule has 2 aliphatic heterocycles. The standard InChI is InChI=1S/C21H24N4OS/c1-15-4-2-8-24(15)13-18-5-3-9-25(18)21(26)16-6-7-20(23-12-16)17-10-19(11-22)27-14-17/h6-7,10,12,14-15,18H,2-5,8-9,13H2,1H3. The van der Waals surface area contributed by atoms with E-state index in [9.17, 15) is 4.79 Å². The summed E-state index contributed by atoms with van der Waals surface area (Å²) in [6.45, 7) is 5.27. The van der Waals surface area contributed by atoms with Crippen molar-refractivity contribution in [1.29, 1.82) is 5.26 Å². The first-order valence-corrected chi connectivity index (χ1v) is 10.5. The van der Waals surface area contributed by atoms with E-state index < -0.39 is 0 Å². The quantitative estimate of drug-likeness (QED) is 0.810. The Kier molecular flexibility index (Phi) is 5.24. The molecule has 0 N–H and O–H groups in total. The molecule has 2 unspecified atom stereocenters. The molecular weight excluding hydrogens is 356 g/mol. The van der Waals surface area contributed by atoms with Crippen LogP contribution >= 0.6 is 11.3 Å². The highest BCUT2D eigenvalue weighted by atomic mass is 32.1. The Bertz CT molecular complexity index is 854. The molecule has 2 aliphatic rings. The SMILES string of the molecule is CC1CCCN1CC1CCCN1C(=O)c1ccc(-c2csc(C#N)c2)nc1. The summed E-state index contributed by atoms with van der Waals surface area (Å²) < 4.78 is 0. The second kappa shape index (κ2) is 7.79. The minimum atomic E-state index is 0.0893. The molecule has 1 amide bonds. The molecular formula is C21H24N4OS. The zero-order valence-electron chi connectivity index (χ0n) is 15.6. The van der Waals surface area contributed by atoms with Crippen LogP contribution in [0.5, 0.6) is 0 Å². The van der Waals surface area contributed by atoms with Crippen LogP contribution in [0.3, 0.4) is 0 Å². The molecule has 2 aromatic heterocycles. The molecule has 0 spiro atoms. The maximum atomic E-state index is 13.0. The maximum absolute atomic E-state index is 13.0. The number of aromatic nitrogens is 1. The lowest BCUT2D eigenvalue weighted by Crippen LogP contribution is -2.44. The Morgan fingerprint density at radius 2 is 2.19 bits per heavy atom. The normalized spacial score (nSPS) is 22.9. The van der Waals surface area contributed by atoms with Crippen molar-refractivity contribution >= 4 is 17.2 Å². The van der Waals surface area contributed by atoms with Crippen molar-refractivity contribution in [3.63, 3.8) is 0 Å². The fraction of sp³-hybridized carbons (Fsp3) is 0.476. The molecule has 0 radical (unpaired) electrons. The topological polar surface area (TPSA) is 60.2 Å². The molecule has 0 aliphatic carbocycles.